The summed E-state index contributed by atoms with van der Waals surface area (Å²) in [5, 5.41) is 26.6. The van der Waals surface area contributed by atoms with E-state index in [0.717, 1.165) is 0 Å². The number of nitrogens with two attached hydrogens (primary N) is 1. The van der Waals surface area contributed by atoms with Gasteiger partial charge in [-0.15, -0.1) is 0 Å². The third-order valence-corrected chi connectivity index (χ3v) is 1.74. The van der Waals surface area contributed by atoms with Gasteiger partial charge < -0.3 is 21.1 Å². The zero-order valence-corrected chi connectivity index (χ0v) is 6.48. The molecular formula is C6H13NO4. The second-order valence-electron chi connectivity index (χ2n) is 2.72. The molecule has 66 valence electrons. The average Bonchev–Trinajstić information content (AvgIpc) is 1.85. The van der Waals surface area contributed by atoms with E-state index in [4.69, 9.17) is 15.9 Å². The van der Waals surface area contributed by atoms with Gasteiger partial charge in [-0.1, -0.05) is 0 Å². The van der Waals surface area contributed by atoms with Gasteiger partial charge in [0, 0.05) is 0 Å². The molecule has 11 heavy (non-hydrogen) atoms. The predicted molar refractivity (Wildman–Crippen MR) is 37.9 cm³/mol. The molecule has 0 aromatic rings. The van der Waals surface area contributed by atoms with E-state index in [-0.39, 0.29) is 0 Å². The Labute approximate surface area is 64.4 Å². The van der Waals surface area contributed by atoms with Crippen LogP contribution in [0.15, 0.2) is 0 Å². The molecule has 0 bridgehead atoms. The number of aliphatic hydroxyl groups excluding tert-OH is 1. The van der Waals surface area contributed by atoms with Crippen molar-refractivity contribution in [3.05, 3.63) is 0 Å². The van der Waals surface area contributed by atoms with Gasteiger partial charge in [0.25, 0.3) is 0 Å². The lowest BCUT2D eigenvalue weighted by Gasteiger charge is -2.29. The highest BCUT2D eigenvalue weighted by atomic mass is 16.4. The summed E-state index contributed by atoms with van der Waals surface area (Å²) in [6, 6.07) is -1.47. The lowest BCUT2D eigenvalue weighted by molar-refractivity contribution is -0.150. The van der Waals surface area contributed by atoms with E-state index in [0.29, 0.717) is 0 Å². The number of aliphatic hydroxyl groups is 2. The van der Waals surface area contributed by atoms with Crippen molar-refractivity contribution in [3.63, 3.8) is 0 Å². The van der Waals surface area contributed by atoms with Crippen molar-refractivity contribution in [2.24, 2.45) is 5.73 Å². The highest BCUT2D eigenvalue weighted by Crippen LogP contribution is 2.13. The quantitative estimate of drug-likeness (QED) is 0.406. The van der Waals surface area contributed by atoms with E-state index in [1.807, 2.05) is 0 Å². The molecule has 0 aromatic heterocycles. The smallest absolute Gasteiger partial charge is 0.323 e. The van der Waals surface area contributed by atoms with Crippen molar-refractivity contribution in [2.75, 3.05) is 0 Å². The fraction of sp³-hybridized carbons (Fsp3) is 0.833. The first-order valence-electron chi connectivity index (χ1n) is 3.19. The van der Waals surface area contributed by atoms with E-state index in [2.05, 4.69) is 0 Å². The molecule has 0 saturated heterocycles. The van der Waals surface area contributed by atoms with Crippen molar-refractivity contribution in [1.82, 2.24) is 0 Å². The van der Waals surface area contributed by atoms with Crippen LogP contribution in [0, 0.1) is 0 Å². The molecule has 0 heterocycles. The van der Waals surface area contributed by atoms with Gasteiger partial charge in [-0.25, -0.2) is 0 Å². The van der Waals surface area contributed by atoms with Gasteiger partial charge in [-0.05, 0) is 13.8 Å². The minimum Gasteiger partial charge on any atom is -0.480 e. The van der Waals surface area contributed by atoms with Crippen LogP contribution in [-0.2, 0) is 4.79 Å². The summed E-state index contributed by atoms with van der Waals surface area (Å²) in [6.45, 7) is 2.46. The topological polar surface area (TPSA) is 104 Å². The van der Waals surface area contributed by atoms with Gasteiger partial charge in [0.2, 0.25) is 0 Å². The SMILES string of the molecule is CC(O)[C@@](C)(O)[C@H](N)C(=O)O. The van der Waals surface area contributed by atoms with Crippen LogP contribution in [-0.4, -0.2) is 39.0 Å². The van der Waals surface area contributed by atoms with E-state index in [1.165, 1.54) is 13.8 Å². The number of carboxylic acids is 1. The molecule has 3 atom stereocenters. The summed E-state index contributed by atoms with van der Waals surface area (Å²) in [4.78, 5) is 10.3. The van der Waals surface area contributed by atoms with Crippen LogP contribution >= 0.6 is 0 Å². The number of carboxylic acid groups (broad SMARTS) is 1. The molecule has 0 rings (SSSR count). The number of rotatable bonds is 3. The number of carbonyl (C=O) groups is 1. The van der Waals surface area contributed by atoms with E-state index in [9.17, 15) is 9.90 Å². The molecule has 0 amide bonds. The van der Waals surface area contributed by atoms with Crippen molar-refractivity contribution in [2.45, 2.75) is 31.6 Å². The maximum absolute atomic E-state index is 10.3. The van der Waals surface area contributed by atoms with Crippen LogP contribution in [0.25, 0.3) is 0 Å². The summed E-state index contributed by atoms with van der Waals surface area (Å²) >= 11 is 0. The third kappa shape index (κ3) is 2.14. The molecule has 0 aromatic carbocycles. The Hall–Kier alpha value is -0.650. The Balaban J connectivity index is 4.41. The second-order valence-corrected chi connectivity index (χ2v) is 2.72. The molecule has 0 saturated carbocycles. The molecule has 0 spiro atoms. The zero-order chi connectivity index (χ0) is 9.23. The molecule has 0 radical (unpaired) electrons. The van der Waals surface area contributed by atoms with Gasteiger partial charge in [-0.3, -0.25) is 4.79 Å². The Morgan fingerprint density at radius 2 is 2.00 bits per heavy atom. The third-order valence-electron chi connectivity index (χ3n) is 1.74. The average molecular weight is 163 g/mol. The first-order valence-corrected chi connectivity index (χ1v) is 3.19. The number of hydrogen-bond acceptors (Lipinski definition) is 4. The van der Waals surface area contributed by atoms with Crippen LogP contribution in [0.1, 0.15) is 13.8 Å². The second kappa shape index (κ2) is 3.17. The van der Waals surface area contributed by atoms with Crippen LogP contribution in [0.3, 0.4) is 0 Å². The van der Waals surface area contributed by atoms with Crippen LogP contribution < -0.4 is 5.73 Å². The molecule has 5 nitrogen and oxygen atoms in total. The minimum absolute atomic E-state index is 1.17. The van der Waals surface area contributed by atoms with Crippen LogP contribution in [0.4, 0.5) is 0 Å². The monoisotopic (exact) mass is 163 g/mol. The van der Waals surface area contributed by atoms with E-state index < -0.39 is 23.7 Å². The predicted octanol–water partition coefficient (Wildman–Crippen LogP) is -1.47. The van der Waals surface area contributed by atoms with Gasteiger partial charge in [0.05, 0.1) is 6.10 Å². The maximum atomic E-state index is 10.3. The molecule has 0 aliphatic rings. The molecule has 0 fully saturated rings. The number of aliphatic carboxylic acids is 1. The Morgan fingerprint density at radius 3 is 2.09 bits per heavy atom. The first-order chi connectivity index (χ1) is 4.80. The minimum atomic E-state index is -1.79. The van der Waals surface area contributed by atoms with Crippen molar-refractivity contribution >= 4 is 5.97 Å². The zero-order valence-electron chi connectivity index (χ0n) is 6.48. The lowest BCUT2D eigenvalue weighted by atomic mass is 9.92. The van der Waals surface area contributed by atoms with Gasteiger partial charge in [-0.2, -0.15) is 0 Å². The molecule has 0 aliphatic heterocycles. The summed E-state index contributed by atoms with van der Waals surface area (Å²) in [5.41, 5.74) is 3.30. The normalized spacial score (nSPS) is 21.9. The molecular weight excluding hydrogens is 150 g/mol. The Bertz CT molecular complexity index is 155. The summed E-state index contributed by atoms with van der Waals surface area (Å²) in [7, 11) is 0. The lowest BCUT2D eigenvalue weighted by Crippen LogP contribution is -2.56. The van der Waals surface area contributed by atoms with Crippen LogP contribution in [0.5, 0.6) is 0 Å². The highest BCUT2D eigenvalue weighted by Gasteiger charge is 2.38. The maximum Gasteiger partial charge on any atom is 0.323 e. The molecule has 0 aliphatic carbocycles. The van der Waals surface area contributed by atoms with Crippen molar-refractivity contribution in [1.29, 1.82) is 0 Å². The van der Waals surface area contributed by atoms with Gasteiger partial charge >= 0.3 is 5.97 Å². The van der Waals surface area contributed by atoms with Crippen molar-refractivity contribution < 1.29 is 20.1 Å². The fourth-order valence-electron chi connectivity index (χ4n) is 0.510. The summed E-state index contributed by atoms with van der Waals surface area (Å²) < 4.78 is 0. The Kier molecular flexibility index (Phi) is 2.98. The highest BCUT2D eigenvalue weighted by molar-refractivity contribution is 5.74. The van der Waals surface area contributed by atoms with E-state index in [1.54, 1.807) is 0 Å². The fourth-order valence-corrected chi connectivity index (χ4v) is 0.510. The Morgan fingerprint density at radius 1 is 1.64 bits per heavy atom. The summed E-state index contributed by atoms with van der Waals surface area (Å²) in [5.74, 6) is -1.34. The molecule has 1 unspecified atom stereocenters. The first kappa shape index (κ1) is 10.3. The van der Waals surface area contributed by atoms with Crippen molar-refractivity contribution in [3.8, 4) is 0 Å². The van der Waals surface area contributed by atoms with Crippen LogP contribution in [0.2, 0.25) is 0 Å². The standard InChI is InChI=1S/C6H13NO4/c1-3(8)6(2,11)4(7)5(9)10/h3-4,8,11H,7H2,1-2H3,(H,9,10)/t3?,4-,6-/m1/s1. The summed E-state index contributed by atoms with van der Waals surface area (Å²) in [6.07, 6.45) is -1.17. The number of hydrogen-bond donors (Lipinski definition) is 4. The molecule has 5 N–H and O–H groups in total. The van der Waals surface area contributed by atoms with Gasteiger partial charge in [0.1, 0.15) is 11.6 Å². The molecule has 5 heteroatoms. The largest absolute Gasteiger partial charge is 0.480 e. The van der Waals surface area contributed by atoms with E-state index >= 15 is 0 Å². The van der Waals surface area contributed by atoms with Gasteiger partial charge in [0.15, 0.2) is 0 Å².